The van der Waals surface area contributed by atoms with Gasteiger partial charge in [0.05, 0.1) is 11.2 Å². The molecule has 0 spiro atoms. The van der Waals surface area contributed by atoms with E-state index in [1.807, 2.05) is 19.4 Å². The van der Waals surface area contributed by atoms with Crippen LogP contribution in [0.25, 0.3) is 11.1 Å². The molecule has 2 aliphatic rings. The fourth-order valence-electron chi connectivity index (χ4n) is 4.22. The molecule has 1 aliphatic heterocycles. The highest BCUT2D eigenvalue weighted by molar-refractivity contribution is 7.70. The van der Waals surface area contributed by atoms with Crippen molar-refractivity contribution in [3.8, 4) is 11.1 Å². The van der Waals surface area contributed by atoms with Gasteiger partial charge in [0.2, 0.25) is 0 Å². The van der Waals surface area contributed by atoms with Crippen LogP contribution in [0.3, 0.4) is 0 Å². The van der Waals surface area contributed by atoms with Crippen LogP contribution in [0.5, 0.6) is 0 Å². The molecule has 1 saturated heterocycles. The smallest absolute Gasteiger partial charge is 0.399 e. The zero-order valence-corrected chi connectivity index (χ0v) is 19.1. The normalized spacial score (nSPS) is 21.5. The molecular weight excluding hydrogens is 366 g/mol. The summed E-state index contributed by atoms with van der Waals surface area (Å²) < 4.78 is 25.1. The van der Waals surface area contributed by atoms with E-state index in [0.717, 1.165) is 10.8 Å². The molecule has 3 nitrogen and oxygen atoms in total. The standard InChI is InChI=1S/C23H30BO3P/c1-21(2)19-12-9-15(24-26-22(3,4)23(5,6)27-24)13-18(19)17-11-10-16(14-20(17)21)28(7,8)25/h9-14H,1-8H3. The van der Waals surface area contributed by atoms with Gasteiger partial charge in [-0.05, 0) is 74.8 Å². The highest BCUT2D eigenvalue weighted by atomic mass is 31.2. The highest BCUT2D eigenvalue weighted by Crippen LogP contribution is 2.49. The summed E-state index contributed by atoms with van der Waals surface area (Å²) in [4.78, 5) is 0. The summed E-state index contributed by atoms with van der Waals surface area (Å²) in [6, 6.07) is 12.8. The van der Waals surface area contributed by atoms with Gasteiger partial charge in [0.1, 0.15) is 7.14 Å². The predicted octanol–water partition coefficient (Wildman–Crippen LogP) is 4.54. The maximum atomic E-state index is 12.6. The van der Waals surface area contributed by atoms with Crippen LogP contribution in [0, 0.1) is 0 Å². The maximum absolute atomic E-state index is 12.6. The summed E-state index contributed by atoms with van der Waals surface area (Å²) in [5, 5.41) is 0.943. The van der Waals surface area contributed by atoms with Crippen LogP contribution in [-0.2, 0) is 19.3 Å². The molecule has 1 heterocycles. The Kier molecular flexibility index (Phi) is 4.16. The first-order valence-corrected chi connectivity index (χ1v) is 12.5. The Hall–Kier alpha value is -1.35. The lowest BCUT2D eigenvalue weighted by molar-refractivity contribution is 0.00578. The Balaban J connectivity index is 1.81. The van der Waals surface area contributed by atoms with Gasteiger partial charge in [-0.3, -0.25) is 0 Å². The van der Waals surface area contributed by atoms with Gasteiger partial charge in [-0.25, -0.2) is 0 Å². The van der Waals surface area contributed by atoms with E-state index in [0.29, 0.717) is 0 Å². The molecule has 4 rings (SSSR count). The van der Waals surface area contributed by atoms with Crippen molar-refractivity contribution < 1.29 is 13.9 Å². The average molecular weight is 396 g/mol. The van der Waals surface area contributed by atoms with Gasteiger partial charge < -0.3 is 13.9 Å². The minimum atomic E-state index is -2.30. The largest absolute Gasteiger partial charge is 0.494 e. The molecule has 0 unspecified atom stereocenters. The molecule has 0 radical (unpaired) electrons. The van der Waals surface area contributed by atoms with Gasteiger partial charge in [-0.1, -0.05) is 44.2 Å². The second-order valence-corrected chi connectivity index (χ2v) is 13.3. The molecule has 0 N–H and O–H groups in total. The number of hydrogen-bond donors (Lipinski definition) is 0. The summed E-state index contributed by atoms with van der Waals surface area (Å²) in [7, 11) is -2.67. The van der Waals surface area contributed by atoms with Crippen LogP contribution in [0.15, 0.2) is 36.4 Å². The Morgan fingerprint density at radius 2 is 1.39 bits per heavy atom. The molecule has 1 aliphatic carbocycles. The van der Waals surface area contributed by atoms with E-state index < -0.39 is 7.14 Å². The van der Waals surface area contributed by atoms with Crippen molar-refractivity contribution in [2.45, 2.75) is 58.2 Å². The van der Waals surface area contributed by atoms with Crippen LogP contribution >= 0.6 is 7.14 Å². The average Bonchev–Trinajstić information content (AvgIpc) is 2.93. The summed E-state index contributed by atoms with van der Waals surface area (Å²) in [6.07, 6.45) is 0. The second kappa shape index (κ2) is 5.84. The van der Waals surface area contributed by atoms with Crippen molar-refractivity contribution >= 4 is 25.0 Å². The van der Waals surface area contributed by atoms with Gasteiger partial charge in [0, 0.05) is 10.7 Å². The number of benzene rings is 2. The first kappa shape index (κ1) is 19.9. The number of rotatable bonds is 2. The quantitative estimate of drug-likeness (QED) is 0.552. The third-order valence-electron chi connectivity index (χ3n) is 6.83. The van der Waals surface area contributed by atoms with Gasteiger partial charge in [-0.15, -0.1) is 0 Å². The molecule has 0 atom stereocenters. The summed E-state index contributed by atoms with van der Waals surface area (Å²) in [5.74, 6) is 0. The van der Waals surface area contributed by atoms with Crippen LogP contribution in [0.2, 0.25) is 0 Å². The van der Waals surface area contributed by atoms with Gasteiger partial charge in [0.25, 0.3) is 0 Å². The van der Waals surface area contributed by atoms with Crippen LogP contribution < -0.4 is 10.8 Å². The topological polar surface area (TPSA) is 35.5 Å². The van der Waals surface area contributed by atoms with E-state index in [2.05, 4.69) is 71.9 Å². The molecule has 0 aromatic heterocycles. The Labute approximate surface area is 169 Å². The summed E-state index contributed by atoms with van der Waals surface area (Å²) in [5.41, 5.74) is 5.19. The minimum absolute atomic E-state index is 0.121. The fraction of sp³-hybridized carbons (Fsp3) is 0.478. The third-order valence-corrected chi connectivity index (χ3v) is 8.35. The Morgan fingerprint density at radius 1 is 0.786 bits per heavy atom. The highest BCUT2D eigenvalue weighted by Gasteiger charge is 2.52. The maximum Gasteiger partial charge on any atom is 0.494 e. The zero-order valence-electron chi connectivity index (χ0n) is 18.2. The second-order valence-electron chi connectivity index (χ2n) is 10.1. The van der Waals surface area contributed by atoms with Crippen molar-refractivity contribution in [2.75, 3.05) is 13.3 Å². The van der Waals surface area contributed by atoms with E-state index in [4.69, 9.17) is 9.31 Å². The molecule has 1 fully saturated rings. The number of fused-ring (bicyclic) bond motifs is 3. The Morgan fingerprint density at radius 3 is 1.96 bits per heavy atom. The van der Waals surface area contributed by atoms with Crippen LogP contribution in [0.1, 0.15) is 52.7 Å². The lowest BCUT2D eigenvalue weighted by Crippen LogP contribution is -2.41. The summed E-state index contributed by atoms with van der Waals surface area (Å²) in [6.45, 7) is 16.5. The fourth-order valence-corrected chi connectivity index (χ4v) is 5.09. The number of hydrogen-bond acceptors (Lipinski definition) is 3. The molecule has 0 bridgehead atoms. The first-order valence-electron chi connectivity index (χ1n) is 9.95. The van der Waals surface area contributed by atoms with E-state index in [9.17, 15) is 4.57 Å². The van der Waals surface area contributed by atoms with E-state index in [1.54, 1.807) is 0 Å². The lowest BCUT2D eigenvalue weighted by atomic mass is 9.76. The van der Waals surface area contributed by atoms with Crippen molar-refractivity contribution in [2.24, 2.45) is 0 Å². The molecule has 28 heavy (non-hydrogen) atoms. The molecule has 2 aromatic rings. The monoisotopic (exact) mass is 396 g/mol. The predicted molar refractivity (Wildman–Crippen MR) is 119 cm³/mol. The lowest BCUT2D eigenvalue weighted by Gasteiger charge is -2.32. The van der Waals surface area contributed by atoms with Crippen molar-refractivity contribution in [3.63, 3.8) is 0 Å². The molecule has 148 valence electrons. The third kappa shape index (κ3) is 2.84. The Bertz CT molecular complexity index is 1000. The van der Waals surface area contributed by atoms with Crippen molar-refractivity contribution in [3.05, 3.63) is 47.5 Å². The molecule has 2 aromatic carbocycles. The molecule has 5 heteroatoms. The molecule has 0 saturated carbocycles. The zero-order chi connectivity index (χ0) is 20.7. The van der Waals surface area contributed by atoms with Gasteiger partial charge >= 0.3 is 7.12 Å². The minimum Gasteiger partial charge on any atom is -0.399 e. The summed E-state index contributed by atoms with van der Waals surface area (Å²) >= 11 is 0. The van der Waals surface area contributed by atoms with Gasteiger partial charge in [-0.2, -0.15) is 0 Å². The van der Waals surface area contributed by atoms with E-state index in [1.165, 1.54) is 22.3 Å². The van der Waals surface area contributed by atoms with E-state index in [-0.39, 0.29) is 23.7 Å². The SMILES string of the molecule is CC1(C)c2ccc(B3OC(C)(C)C(C)(C)O3)cc2-c2ccc(P(C)(C)=O)cc21. The van der Waals surface area contributed by atoms with Crippen LogP contribution in [-0.4, -0.2) is 31.7 Å². The van der Waals surface area contributed by atoms with E-state index >= 15 is 0 Å². The first-order chi connectivity index (χ1) is 12.7. The van der Waals surface area contributed by atoms with Gasteiger partial charge in [0.15, 0.2) is 0 Å². The van der Waals surface area contributed by atoms with Crippen LogP contribution in [0.4, 0.5) is 0 Å². The molecular formula is C23H30BO3P. The van der Waals surface area contributed by atoms with Crippen molar-refractivity contribution in [1.29, 1.82) is 0 Å². The van der Waals surface area contributed by atoms with Crippen molar-refractivity contribution in [1.82, 2.24) is 0 Å². The molecule has 0 amide bonds.